The first-order valence-corrected chi connectivity index (χ1v) is 6.55. The maximum Gasteiger partial charge on any atom is 0.101 e. The lowest BCUT2D eigenvalue weighted by Crippen LogP contribution is -2.15. The minimum absolute atomic E-state index is 0.212. The molecule has 2 N–H and O–H groups in total. The summed E-state index contributed by atoms with van der Waals surface area (Å²) in [5.74, 6) is 0.436. The van der Waals surface area contributed by atoms with Crippen LogP contribution < -0.4 is 5.32 Å². The van der Waals surface area contributed by atoms with Crippen LogP contribution in [0.5, 0.6) is 0 Å². The molecule has 0 saturated heterocycles. The van der Waals surface area contributed by atoms with Crippen LogP contribution in [0, 0.1) is 17.2 Å². The second-order valence-corrected chi connectivity index (χ2v) is 4.88. The van der Waals surface area contributed by atoms with E-state index in [-0.39, 0.29) is 6.61 Å². The second kappa shape index (κ2) is 7.31. The quantitative estimate of drug-likeness (QED) is 0.848. The highest BCUT2D eigenvalue weighted by Gasteiger charge is 2.07. The monoisotopic (exact) mass is 296 g/mol. The van der Waals surface area contributed by atoms with E-state index in [1.54, 1.807) is 6.07 Å². The van der Waals surface area contributed by atoms with Crippen LogP contribution in [0.15, 0.2) is 22.7 Å². The summed E-state index contributed by atoms with van der Waals surface area (Å²) >= 11 is 3.39. The van der Waals surface area contributed by atoms with Crippen LogP contribution in [0.1, 0.15) is 25.3 Å². The fourth-order valence-corrected chi connectivity index (χ4v) is 2.01. The van der Waals surface area contributed by atoms with Crippen molar-refractivity contribution in [3.05, 3.63) is 28.2 Å². The summed E-state index contributed by atoms with van der Waals surface area (Å²) in [5.41, 5.74) is 1.49. The average molecular weight is 297 g/mol. The SMILES string of the molecule is CCC(CCO)CNc1cc(Br)ccc1C#N. The molecular formula is C13H17BrN2O. The van der Waals surface area contributed by atoms with E-state index in [2.05, 4.69) is 34.2 Å². The number of anilines is 1. The number of halogens is 1. The third kappa shape index (κ3) is 4.37. The molecule has 0 radical (unpaired) electrons. The third-order valence-corrected chi connectivity index (χ3v) is 3.29. The number of aliphatic hydroxyl groups excluding tert-OH is 1. The Hall–Kier alpha value is -1.05. The number of rotatable bonds is 6. The highest BCUT2D eigenvalue weighted by Crippen LogP contribution is 2.21. The highest BCUT2D eigenvalue weighted by atomic mass is 79.9. The molecule has 4 heteroatoms. The Balaban J connectivity index is 2.68. The van der Waals surface area contributed by atoms with Gasteiger partial charge in [-0.3, -0.25) is 0 Å². The smallest absolute Gasteiger partial charge is 0.101 e. The molecule has 0 spiro atoms. The molecule has 1 atom stereocenters. The van der Waals surface area contributed by atoms with Gasteiger partial charge in [-0.25, -0.2) is 0 Å². The summed E-state index contributed by atoms with van der Waals surface area (Å²) in [6.45, 7) is 3.10. The van der Waals surface area contributed by atoms with Crippen LogP contribution in [-0.2, 0) is 0 Å². The number of nitrogens with one attached hydrogen (secondary N) is 1. The molecule has 0 heterocycles. The van der Waals surface area contributed by atoms with Gasteiger partial charge >= 0.3 is 0 Å². The number of nitrogens with zero attached hydrogens (tertiary/aromatic N) is 1. The van der Waals surface area contributed by atoms with Crippen molar-refractivity contribution in [1.29, 1.82) is 5.26 Å². The first-order valence-electron chi connectivity index (χ1n) is 5.75. The lowest BCUT2D eigenvalue weighted by Gasteiger charge is -2.16. The van der Waals surface area contributed by atoms with Crippen molar-refractivity contribution in [2.24, 2.45) is 5.92 Å². The van der Waals surface area contributed by atoms with E-state index < -0.39 is 0 Å². The largest absolute Gasteiger partial charge is 0.396 e. The van der Waals surface area contributed by atoms with Crippen LogP contribution in [0.4, 0.5) is 5.69 Å². The Bertz CT molecular complexity index is 401. The molecule has 92 valence electrons. The predicted octanol–water partition coefficient (Wildman–Crippen LogP) is 3.14. The molecule has 0 bridgehead atoms. The zero-order chi connectivity index (χ0) is 12.7. The van der Waals surface area contributed by atoms with Crippen molar-refractivity contribution in [1.82, 2.24) is 0 Å². The van der Waals surface area contributed by atoms with Crippen molar-refractivity contribution in [2.75, 3.05) is 18.5 Å². The van der Waals surface area contributed by atoms with Crippen molar-refractivity contribution >= 4 is 21.6 Å². The molecule has 0 aliphatic heterocycles. The lowest BCUT2D eigenvalue weighted by atomic mass is 10.0. The molecule has 1 rings (SSSR count). The van der Waals surface area contributed by atoms with Gasteiger partial charge in [0.05, 0.1) is 11.3 Å². The fraction of sp³-hybridized carbons (Fsp3) is 0.462. The van der Waals surface area contributed by atoms with Gasteiger partial charge in [0.1, 0.15) is 6.07 Å². The van der Waals surface area contributed by atoms with Gasteiger partial charge in [0.2, 0.25) is 0 Å². The molecule has 0 aliphatic rings. The van der Waals surface area contributed by atoms with Gasteiger partial charge < -0.3 is 10.4 Å². The van der Waals surface area contributed by atoms with E-state index in [9.17, 15) is 0 Å². The molecule has 1 unspecified atom stereocenters. The summed E-state index contributed by atoms with van der Waals surface area (Å²) in [6.07, 6.45) is 1.81. The Morgan fingerprint density at radius 1 is 1.53 bits per heavy atom. The standard InChI is InChI=1S/C13H17BrN2O/c1-2-10(5-6-17)9-16-13-7-12(14)4-3-11(13)8-15/h3-4,7,10,16-17H,2,5-6,9H2,1H3. The van der Waals surface area contributed by atoms with Gasteiger partial charge in [0, 0.05) is 17.6 Å². The summed E-state index contributed by atoms with van der Waals surface area (Å²) in [7, 11) is 0. The third-order valence-electron chi connectivity index (χ3n) is 2.80. The fourth-order valence-electron chi connectivity index (χ4n) is 1.65. The first kappa shape index (κ1) is 14.0. The number of hydrogen-bond acceptors (Lipinski definition) is 3. The lowest BCUT2D eigenvalue weighted by molar-refractivity contribution is 0.258. The molecule has 3 nitrogen and oxygen atoms in total. The molecule has 0 fully saturated rings. The van der Waals surface area contributed by atoms with Gasteiger partial charge in [-0.1, -0.05) is 29.3 Å². The molecule has 0 saturated carbocycles. The van der Waals surface area contributed by atoms with Crippen LogP contribution in [-0.4, -0.2) is 18.3 Å². The van der Waals surface area contributed by atoms with Crippen molar-refractivity contribution < 1.29 is 5.11 Å². The van der Waals surface area contributed by atoms with Gasteiger partial charge in [-0.15, -0.1) is 0 Å². The number of aliphatic hydroxyl groups is 1. The first-order chi connectivity index (χ1) is 8.21. The van der Waals surface area contributed by atoms with Crippen LogP contribution in [0.2, 0.25) is 0 Å². The minimum atomic E-state index is 0.212. The van der Waals surface area contributed by atoms with E-state index in [1.807, 2.05) is 12.1 Å². The highest BCUT2D eigenvalue weighted by molar-refractivity contribution is 9.10. The Kier molecular flexibility index (Phi) is 6.03. The molecule has 1 aromatic rings. The topological polar surface area (TPSA) is 56.0 Å². The normalized spacial score (nSPS) is 11.9. The Labute approximate surface area is 111 Å². The molecule has 1 aromatic carbocycles. The van der Waals surface area contributed by atoms with Crippen molar-refractivity contribution in [3.63, 3.8) is 0 Å². The van der Waals surface area contributed by atoms with Gasteiger partial charge in [0.15, 0.2) is 0 Å². The van der Waals surface area contributed by atoms with Crippen LogP contribution in [0.25, 0.3) is 0 Å². The van der Waals surface area contributed by atoms with E-state index in [4.69, 9.17) is 10.4 Å². The summed E-state index contributed by atoms with van der Waals surface area (Å²) in [4.78, 5) is 0. The van der Waals surface area contributed by atoms with Crippen molar-refractivity contribution in [2.45, 2.75) is 19.8 Å². The maximum atomic E-state index is 8.99. The number of benzene rings is 1. The van der Waals surface area contributed by atoms with E-state index in [0.717, 1.165) is 29.5 Å². The number of nitriles is 1. The molecule has 17 heavy (non-hydrogen) atoms. The van der Waals surface area contributed by atoms with E-state index in [1.165, 1.54) is 0 Å². The second-order valence-electron chi connectivity index (χ2n) is 3.97. The van der Waals surface area contributed by atoms with Gasteiger partial charge in [0.25, 0.3) is 0 Å². The Morgan fingerprint density at radius 3 is 2.88 bits per heavy atom. The maximum absolute atomic E-state index is 8.99. The Morgan fingerprint density at radius 2 is 2.29 bits per heavy atom. The molecule has 0 aromatic heterocycles. The van der Waals surface area contributed by atoms with Gasteiger partial charge in [-0.2, -0.15) is 5.26 Å². The zero-order valence-electron chi connectivity index (χ0n) is 9.91. The van der Waals surface area contributed by atoms with Crippen LogP contribution in [0.3, 0.4) is 0 Å². The number of hydrogen-bond donors (Lipinski definition) is 2. The predicted molar refractivity (Wildman–Crippen MR) is 72.8 cm³/mol. The molecule has 0 amide bonds. The average Bonchev–Trinajstić information content (AvgIpc) is 2.34. The van der Waals surface area contributed by atoms with Gasteiger partial charge in [-0.05, 0) is 30.5 Å². The van der Waals surface area contributed by atoms with E-state index in [0.29, 0.717) is 11.5 Å². The van der Waals surface area contributed by atoms with E-state index >= 15 is 0 Å². The zero-order valence-corrected chi connectivity index (χ0v) is 11.5. The van der Waals surface area contributed by atoms with Crippen molar-refractivity contribution in [3.8, 4) is 6.07 Å². The summed E-state index contributed by atoms with van der Waals surface area (Å²) in [6, 6.07) is 7.72. The minimum Gasteiger partial charge on any atom is -0.396 e. The summed E-state index contributed by atoms with van der Waals surface area (Å²) in [5, 5.41) is 21.2. The van der Waals surface area contributed by atoms with Crippen LogP contribution >= 0.6 is 15.9 Å². The molecule has 0 aliphatic carbocycles. The molecular weight excluding hydrogens is 280 g/mol. The summed E-state index contributed by atoms with van der Waals surface area (Å²) < 4.78 is 0.953.